The van der Waals surface area contributed by atoms with Crippen molar-refractivity contribution < 1.29 is 14.4 Å². The van der Waals surface area contributed by atoms with Gasteiger partial charge in [0.1, 0.15) is 0 Å². The number of para-hydroxylation sites is 1. The minimum atomic E-state index is -0.818. The summed E-state index contributed by atoms with van der Waals surface area (Å²) >= 11 is 1.28. The van der Waals surface area contributed by atoms with Crippen LogP contribution in [-0.4, -0.2) is 41.0 Å². The van der Waals surface area contributed by atoms with E-state index in [2.05, 4.69) is 10.6 Å². The highest BCUT2D eigenvalue weighted by Gasteiger charge is 2.38. The number of aryl methyl sites for hydroxylation is 2. The number of carbonyl (C=O) groups excluding carboxylic acids is 3. The fourth-order valence-corrected chi connectivity index (χ4v) is 5.03. The van der Waals surface area contributed by atoms with Gasteiger partial charge in [-0.3, -0.25) is 14.4 Å². The van der Waals surface area contributed by atoms with Crippen molar-refractivity contribution in [1.29, 1.82) is 0 Å². The van der Waals surface area contributed by atoms with Crippen LogP contribution in [0, 0.1) is 19.8 Å². The van der Waals surface area contributed by atoms with Crippen LogP contribution >= 0.6 is 11.8 Å². The zero-order valence-electron chi connectivity index (χ0n) is 17.1. The van der Waals surface area contributed by atoms with E-state index in [1.54, 1.807) is 4.90 Å². The van der Waals surface area contributed by atoms with Crippen molar-refractivity contribution in [2.75, 3.05) is 23.7 Å². The summed E-state index contributed by atoms with van der Waals surface area (Å²) in [6.07, 6.45) is 1.47. The van der Waals surface area contributed by atoms with Crippen molar-refractivity contribution in [3.63, 3.8) is 0 Å². The number of carbonyl (C=O) groups is 3. The summed E-state index contributed by atoms with van der Waals surface area (Å²) in [5, 5.41) is 5.01. The summed E-state index contributed by atoms with van der Waals surface area (Å²) in [5.41, 5.74) is 3.69. The average molecular weight is 424 g/mol. The molecule has 6 nitrogen and oxygen atoms in total. The molecule has 2 atom stereocenters. The van der Waals surface area contributed by atoms with Crippen LogP contribution in [0.3, 0.4) is 0 Å². The van der Waals surface area contributed by atoms with E-state index in [4.69, 9.17) is 0 Å². The van der Waals surface area contributed by atoms with Crippen LogP contribution in [0.15, 0.2) is 47.4 Å². The maximum Gasteiger partial charge on any atom is 0.247 e. The highest BCUT2D eigenvalue weighted by molar-refractivity contribution is 8.01. The topological polar surface area (TPSA) is 78.5 Å². The smallest absolute Gasteiger partial charge is 0.247 e. The Bertz CT molecular complexity index is 1010. The first kappa shape index (κ1) is 20.5. The normalized spacial score (nSPS) is 20.9. The number of thioether (sulfide) groups is 1. The first-order chi connectivity index (χ1) is 14.4. The number of piperidine rings is 1. The highest BCUT2D eigenvalue weighted by atomic mass is 32.2. The lowest BCUT2D eigenvalue weighted by Gasteiger charge is -2.35. The molecule has 2 heterocycles. The van der Waals surface area contributed by atoms with E-state index in [-0.39, 0.29) is 23.6 Å². The molecule has 1 saturated heterocycles. The Hall–Kier alpha value is -2.80. The van der Waals surface area contributed by atoms with Crippen molar-refractivity contribution in [3.05, 3.63) is 53.6 Å². The van der Waals surface area contributed by atoms with Crippen molar-refractivity contribution in [1.82, 2.24) is 4.90 Å². The minimum absolute atomic E-state index is 0.0782. The third-order valence-corrected chi connectivity index (χ3v) is 6.86. The molecule has 1 fully saturated rings. The summed E-state index contributed by atoms with van der Waals surface area (Å²) in [7, 11) is 0. The number of amides is 3. The van der Waals surface area contributed by atoms with Crippen molar-refractivity contribution >= 4 is 40.9 Å². The zero-order chi connectivity index (χ0) is 21.3. The van der Waals surface area contributed by atoms with Gasteiger partial charge in [-0.05, 0) is 50.5 Å². The van der Waals surface area contributed by atoms with Gasteiger partial charge in [0.2, 0.25) is 17.7 Å². The molecule has 4 rings (SSSR count). The number of rotatable bonds is 3. The van der Waals surface area contributed by atoms with E-state index >= 15 is 0 Å². The Labute approximate surface area is 180 Å². The van der Waals surface area contributed by atoms with Crippen LogP contribution in [0.25, 0.3) is 0 Å². The highest BCUT2D eigenvalue weighted by Crippen LogP contribution is 2.36. The van der Waals surface area contributed by atoms with Crippen LogP contribution in [-0.2, 0) is 14.4 Å². The fraction of sp³-hybridized carbons (Fsp3) is 0.348. The molecule has 0 saturated carbocycles. The van der Waals surface area contributed by atoms with Crippen LogP contribution in [0.5, 0.6) is 0 Å². The van der Waals surface area contributed by atoms with Gasteiger partial charge in [0.05, 0.1) is 11.6 Å². The number of fused-ring (bicyclic) bond motifs is 1. The number of hydrogen-bond donors (Lipinski definition) is 2. The lowest BCUT2D eigenvalue weighted by Crippen LogP contribution is -2.50. The molecule has 0 aliphatic carbocycles. The lowest BCUT2D eigenvalue weighted by molar-refractivity contribution is -0.136. The SMILES string of the molecule is Cc1ccc(NC(=O)[C@H]2CCCN(C(=O)[C@@H]3Sc4ccccc4NC3=O)C2)c(C)c1. The number of nitrogens with one attached hydrogen (secondary N) is 2. The molecule has 0 bridgehead atoms. The molecule has 0 radical (unpaired) electrons. The molecular formula is C23H25N3O3S. The summed E-state index contributed by atoms with van der Waals surface area (Å²) < 4.78 is 0. The van der Waals surface area contributed by atoms with E-state index < -0.39 is 5.25 Å². The number of hydrogen-bond acceptors (Lipinski definition) is 4. The van der Waals surface area contributed by atoms with E-state index in [1.807, 2.05) is 56.3 Å². The Morgan fingerprint density at radius 3 is 2.77 bits per heavy atom. The Balaban J connectivity index is 1.42. The summed E-state index contributed by atoms with van der Waals surface area (Å²) in [6, 6.07) is 13.4. The minimum Gasteiger partial charge on any atom is -0.340 e. The van der Waals surface area contributed by atoms with Crippen LogP contribution in [0.4, 0.5) is 11.4 Å². The molecule has 0 aromatic heterocycles. The maximum atomic E-state index is 13.1. The monoisotopic (exact) mass is 423 g/mol. The van der Waals surface area contributed by atoms with Gasteiger partial charge in [0.25, 0.3) is 0 Å². The molecule has 0 unspecified atom stereocenters. The van der Waals surface area contributed by atoms with E-state index in [1.165, 1.54) is 11.8 Å². The lowest BCUT2D eigenvalue weighted by atomic mass is 9.96. The van der Waals surface area contributed by atoms with Gasteiger partial charge in [0, 0.05) is 23.7 Å². The fourth-order valence-electron chi connectivity index (χ4n) is 3.96. The third kappa shape index (κ3) is 4.21. The second-order valence-corrected chi connectivity index (χ2v) is 9.06. The molecule has 0 spiro atoms. The molecule has 156 valence electrons. The molecule has 3 amide bonds. The summed E-state index contributed by atoms with van der Waals surface area (Å²) in [4.78, 5) is 41.0. The first-order valence-corrected chi connectivity index (χ1v) is 11.0. The molecule has 7 heteroatoms. The average Bonchev–Trinajstić information content (AvgIpc) is 2.74. The van der Waals surface area contributed by atoms with Crippen LogP contribution in [0.2, 0.25) is 0 Å². The number of benzene rings is 2. The largest absolute Gasteiger partial charge is 0.340 e. The Morgan fingerprint density at radius 2 is 1.97 bits per heavy atom. The molecular weight excluding hydrogens is 398 g/mol. The molecule has 2 aromatic rings. The predicted molar refractivity (Wildman–Crippen MR) is 119 cm³/mol. The second-order valence-electron chi connectivity index (χ2n) is 7.91. The van der Waals surface area contributed by atoms with E-state index in [0.717, 1.165) is 40.2 Å². The molecule has 2 N–H and O–H groups in total. The van der Waals surface area contributed by atoms with Gasteiger partial charge in [-0.25, -0.2) is 0 Å². The predicted octanol–water partition coefficient (Wildman–Crippen LogP) is 3.59. The van der Waals surface area contributed by atoms with Gasteiger partial charge >= 0.3 is 0 Å². The van der Waals surface area contributed by atoms with Gasteiger partial charge in [-0.15, -0.1) is 11.8 Å². The van der Waals surface area contributed by atoms with E-state index in [0.29, 0.717) is 13.1 Å². The third-order valence-electron chi connectivity index (χ3n) is 5.60. The molecule has 30 heavy (non-hydrogen) atoms. The second kappa shape index (κ2) is 8.52. The molecule has 2 aromatic carbocycles. The quantitative estimate of drug-likeness (QED) is 0.740. The van der Waals surface area contributed by atoms with Gasteiger partial charge in [-0.2, -0.15) is 0 Å². The van der Waals surface area contributed by atoms with Crippen molar-refractivity contribution in [2.24, 2.45) is 5.92 Å². The molecule has 2 aliphatic heterocycles. The van der Waals surface area contributed by atoms with E-state index in [9.17, 15) is 14.4 Å². The standard InChI is InChI=1S/C23H25N3O3S/c1-14-9-10-17(15(2)12-14)24-21(27)16-6-5-11-26(13-16)23(29)20-22(28)25-18-7-3-4-8-19(18)30-20/h3-4,7-10,12,16,20H,5-6,11,13H2,1-2H3,(H,24,27)(H,25,28)/t16-,20+/m0/s1. The number of likely N-dealkylation sites (tertiary alicyclic amines) is 1. The van der Waals surface area contributed by atoms with Crippen molar-refractivity contribution in [2.45, 2.75) is 36.8 Å². The first-order valence-electron chi connectivity index (χ1n) is 10.2. The number of nitrogens with zero attached hydrogens (tertiary/aromatic N) is 1. The van der Waals surface area contributed by atoms with Crippen LogP contribution in [0.1, 0.15) is 24.0 Å². The van der Waals surface area contributed by atoms with Gasteiger partial charge in [-0.1, -0.05) is 29.8 Å². The Morgan fingerprint density at radius 1 is 1.17 bits per heavy atom. The zero-order valence-corrected chi connectivity index (χ0v) is 17.9. The van der Waals surface area contributed by atoms with Gasteiger partial charge in [0.15, 0.2) is 5.25 Å². The van der Waals surface area contributed by atoms with Crippen molar-refractivity contribution in [3.8, 4) is 0 Å². The summed E-state index contributed by atoms with van der Waals surface area (Å²) in [5.74, 6) is -0.889. The Kier molecular flexibility index (Phi) is 5.81. The maximum absolute atomic E-state index is 13.1. The molecule has 2 aliphatic rings. The summed E-state index contributed by atoms with van der Waals surface area (Å²) in [6.45, 7) is 4.89. The van der Waals surface area contributed by atoms with Crippen LogP contribution < -0.4 is 10.6 Å². The number of anilines is 2. The van der Waals surface area contributed by atoms with Gasteiger partial charge < -0.3 is 15.5 Å².